The zero-order chi connectivity index (χ0) is 15.8. The first-order chi connectivity index (χ1) is 9.76. The second kappa shape index (κ2) is 5.71. The van der Waals surface area contributed by atoms with Crippen molar-refractivity contribution in [2.24, 2.45) is 0 Å². The molecule has 0 N–H and O–H groups in total. The van der Waals surface area contributed by atoms with Crippen LogP contribution in [0.3, 0.4) is 0 Å². The molecule has 8 heteroatoms. The van der Waals surface area contributed by atoms with Gasteiger partial charge in [-0.2, -0.15) is 8.78 Å². The van der Waals surface area contributed by atoms with Crippen LogP contribution in [0.4, 0.5) is 17.6 Å². The molecular weight excluding hydrogens is 312 g/mol. The predicted molar refractivity (Wildman–Crippen MR) is 71.5 cm³/mol. The smallest absolute Gasteiger partial charge is 0.324 e. The number of imidazole rings is 1. The summed E-state index contributed by atoms with van der Waals surface area (Å²) in [5.41, 5.74) is 0.667. The van der Waals surface area contributed by atoms with Gasteiger partial charge in [0.25, 0.3) is 0 Å². The number of ether oxygens (including phenoxy) is 1. The van der Waals surface area contributed by atoms with Crippen LogP contribution < -0.4 is 4.74 Å². The molecule has 1 aromatic carbocycles. The largest absolute Gasteiger partial charge is 0.497 e. The van der Waals surface area contributed by atoms with Gasteiger partial charge in [-0.3, -0.25) is 0 Å². The number of rotatable bonds is 5. The molecule has 1 aromatic heterocycles. The highest BCUT2D eigenvalue weighted by Gasteiger charge is 2.42. The van der Waals surface area contributed by atoms with Gasteiger partial charge in [-0.05, 0) is 19.1 Å². The Morgan fingerprint density at radius 1 is 1.38 bits per heavy atom. The SMILES string of the molecule is COc1ccc2c(c1)nc(C(C)Cl)n2CC(F)(F)C(F)F. The molecule has 0 saturated heterocycles. The average Bonchev–Trinajstić information content (AvgIpc) is 2.76. The fourth-order valence-corrected chi connectivity index (χ4v) is 2.17. The monoisotopic (exact) mass is 324 g/mol. The van der Waals surface area contributed by atoms with Crippen LogP contribution >= 0.6 is 11.6 Å². The number of fused-ring (bicyclic) bond motifs is 1. The fraction of sp³-hybridized carbons (Fsp3) is 0.462. The van der Waals surface area contributed by atoms with Crippen LogP contribution in [-0.4, -0.2) is 29.0 Å². The molecule has 3 nitrogen and oxygen atoms in total. The minimum Gasteiger partial charge on any atom is -0.497 e. The van der Waals surface area contributed by atoms with Crippen molar-refractivity contribution >= 4 is 22.6 Å². The maximum atomic E-state index is 13.4. The molecule has 116 valence electrons. The Kier molecular flexibility index (Phi) is 4.32. The van der Waals surface area contributed by atoms with E-state index in [0.29, 0.717) is 16.8 Å². The summed E-state index contributed by atoms with van der Waals surface area (Å²) in [6.45, 7) is 0.358. The van der Waals surface area contributed by atoms with E-state index < -0.39 is 24.3 Å². The molecule has 0 aliphatic rings. The van der Waals surface area contributed by atoms with Gasteiger partial charge in [0.05, 0.1) is 30.1 Å². The summed E-state index contributed by atoms with van der Waals surface area (Å²) in [6.07, 6.45) is -3.76. The van der Waals surface area contributed by atoms with Crippen molar-refractivity contribution in [1.29, 1.82) is 0 Å². The van der Waals surface area contributed by atoms with E-state index >= 15 is 0 Å². The quantitative estimate of drug-likeness (QED) is 0.607. The van der Waals surface area contributed by atoms with Gasteiger partial charge in [-0.1, -0.05) is 0 Å². The highest BCUT2D eigenvalue weighted by atomic mass is 35.5. The van der Waals surface area contributed by atoms with Crippen molar-refractivity contribution in [3.63, 3.8) is 0 Å². The topological polar surface area (TPSA) is 27.1 Å². The van der Waals surface area contributed by atoms with Crippen molar-refractivity contribution in [1.82, 2.24) is 9.55 Å². The van der Waals surface area contributed by atoms with Crippen LogP contribution in [0.5, 0.6) is 5.75 Å². The lowest BCUT2D eigenvalue weighted by molar-refractivity contribution is -0.137. The van der Waals surface area contributed by atoms with E-state index in [4.69, 9.17) is 16.3 Å². The number of hydrogen-bond acceptors (Lipinski definition) is 2. The molecule has 0 saturated carbocycles. The molecular formula is C13H13ClF4N2O. The molecule has 0 amide bonds. The van der Waals surface area contributed by atoms with Crippen LogP contribution in [0.25, 0.3) is 11.0 Å². The van der Waals surface area contributed by atoms with Crippen molar-refractivity contribution in [2.45, 2.75) is 31.2 Å². The number of halogens is 5. The van der Waals surface area contributed by atoms with Crippen molar-refractivity contribution in [3.05, 3.63) is 24.0 Å². The highest BCUT2D eigenvalue weighted by Crippen LogP contribution is 2.32. The van der Waals surface area contributed by atoms with Gasteiger partial charge in [0.2, 0.25) is 0 Å². The van der Waals surface area contributed by atoms with E-state index in [0.717, 1.165) is 4.57 Å². The summed E-state index contributed by atoms with van der Waals surface area (Å²) in [7, 11) is 1.45. The Labute approximate surface area is 123 Å². The average molecular weight is 325 g/mol. The first kappa shape index (κ1) is 15.9. The van der Waals surface area contributed by atoms with Crippen molar-refractivity contribution in [3.8, 4) is 5.75 Å². The third-order valence-electron chi connectivity index (χ3n) is 3.03. The maximum absolute atomic E-state index is 13.4. The van der Waals surface area contributed by atoms with E-state index in [-0.39, 0.29) is 5.82 Å². The molecule has 0 radical (unpaired) electrons. The molecule has 0 spiro atoms. The summed E-state index contributed by atoms with van der Waals surface area (Å²) in [5.74, 6) is -3.56. The lowest BCUT2D eigenvalue weighted by Crippen LogP contribution is -2.32. The summed E-state index contributed by atoms with van der Waals surface area (Å²) in [4.78, 5) is 4.14. The van der Waals surface area contributed by atoms with E-state index in [1.807, 2.05) is 0 Å². The van der Waals surface area contributed by atoms with Crippen LogP contribution in [0.15, 0.2) is 18.2 Å². The van der Waals surface area contributed by atoms with E-state index in [9.17, 15) is 17.6 Å². The number of nitrogens with zero attached hydrogens (tertiary/aromatic N) is 2. The third-order valence-corrected chi connectivity index (χ3v) is 3.22. The van der Waals surface area contributed by atoms with Gasteiger partial charge in [0.15, 0.2) is 0 Å². The Hall–Kier alpha value is -1.50. The van der Waals surface area contributed by atoms with E-state index in [2.05, 4.69) is 4.98 Å². The molecule has 1 heterocycles. The normalized spacial score (nSPS) is 13.9. The van der Waals surface area contributed by atoms with Gasteiger partial charge < -0.3 is 9.30 Å². The number of alkyl halides is 5. The minimum absolute atomic E-state index is 0.111. The third kappa shape index (κ3) is 3.07. The number of benzene rings is 1. The molecule has 2 aromatic rings. The van der Waals surface area contributed by atoms with Crippen LogP contribution in [0.2, 0.25) is 0 Å². The summed E-state index contributed by atoms with van der Waals surface area (Å²) in [5, 5.41) is -0.697. The Morgan fingerprint density at radius 2 is 2.05 bits per heavy atom. The fourth-order valence-electron chi connectivity index (χ4n) is 2.00. The predicted octanol–water partition coefficient (Wildman–Crippen LogP) is 4.25. The number of methoxy groups -OCH3 is 1. The zero-order valence-electron chi connectivity index (χ0n) is 11.3. The van der Waals surface area contributed by atoms with Crippen LogP contribution in [0, 0.1) is 0 Å². The Morgan fingerprint density at radius 3 is 2.57 bits per heavy atom. The van der Waals surface area contributed by atoms with Crippen molar-refractivity contribution < 1.29 is 22.3 Å². The molecule has 1 unspecified atom stereocenters. The number of aromatic nitrogens is 2. The summed E-state index contributed by atoms with van der Waals surface area (Å²) < 4.78 is 57.6. The zero-order valence-corrected chi connectivity index (χ0v) is 12.0. The molecule has 2 rings (SSSR count). The summed E-state index contributed by atoms with van der Waals surface area (Å²) in [6, 6.07) is 4.57. The van der Waals surface area contributed by atoms with E-state index in [1.165, 1.54) is 26.2 Å². The summed E-state index contributed by atoms with van der Waals surface area (Å²) >= 11 is 5.91. The van der Waals surface area contributed by atoms with E-state index in [1.54, 1.807) is 6.07 Å². The molecule has 0 bridgehead atoms. The highest BCUT2D eigenvalue weighted by molar-refractivity contribution is 6.20. The second-order valence-corrected chi connectivity index (χ2v) is 5.24. The molecule has 0 fully saturated rings. The van der Waals surface area contributed by atoms with Crippen molar-refractivity contribution in [2.75, 3.05) is 7.11 Å². The maximum Gasteiger partial charge on any atom is 0.324 e. The first-order valence-corrected chi connectivity index (χ1v) is 6.54. The van der Waals surface area contributed by atoms with Crippen LogP contribution in [-0.2, 0) is 6.54 Å². The molecule has 0 aliphatic heterocycles. The molecule has 1 atom stereocenters. The Bertz CT molecular complexity index is 642. The lowest BCUT2D eigenvalue weighted by Gasteiger charge is -2.18. The van der Waals surface area contributed by atoms with Gasteiger partial charge in [0, 0.05) is 6.07 Å². The number of hydrogen-bond donors (Lipinski definition) is 0. The molecule has 21 heavy (non-hydrogen) atoms. The standard InChI is InChI=1S/C13H13ClF4N2O/c1-7(14)11-19-9-5-8(21-2)3-4-10(9)20(11)6-13(17,18)12(15)16/h3-5,7,12H,6H2,1-2H3. The van der Waals surface area contributed by atoms with Gasteiger partial charge in [-0.25, -0.2) is 13.8 Å². The second-order valence-electron chi connectivity index (χ2n) is 4.59. The lowest BCUT2D eigenvalue weighted by atomic mass is 10.2. The van der Waals surface area contributed by atoms with Gasteiger partial charge >= 0.3 is 12.3 Å². The van der Waals surface area contributed by atoms with Gasteiger partial charge in [-0.15, -0.1) is 11.6 Å². The van der Waals surface area contributed by atoms with Crippen LogP contribution in [0.1, 0.15) is 18.1 Å². The Balaban J connectivity index is 2.57. The minimum atomic E-state index is -4.16. The van der Waals surface area contributed by atoms with Gasteiger partial charge in [0.1, 0.15) is 11.6 Å². The first-order valence-electron chi connectivity index (χ1n) is 6.10. The molecule has 0 aliphatic carbocycles.